The highest BCUT2D eigenvalue weighted by molar-refractivity contribution is 7.13. The molecule has 27 heavy (non-hydrogen) atoms. The molecular formula is C20H23N3O3S. The van der Waals surface area contributed by atoms with Crippen LogP contribution in [-0.4, -0.2) is 29.9 Å². The lowest BCUT2D eigenvalue weighted by Gasteiger charge is -2.29. The van der Waals surface area contributed by atoms with Gasteiger partial charge in [-0.05, 0) is 36.1 Å². The minimum atomic E-state index is -0.515. The van der Waals surface area contributed by atoms with Gasteiger partial charge >= 0.3 is 0 Å². The molecule has 0 saturated heterocycles. The Morgan fingerprint density at radius 3 is 2.93 bits per heavy atom. The normalized spacial score (nSPS) is 17.8. The molecular weight excluding hydrogens is 362 g/mol. The fraction of sp³-hybridized carbons (Fsp3) is 0.450. The highest BCUT2D eigenvalue weighted by atomic mass is 32.1. The van der Waals surface area contributed by atoms with Crippen LogP contribution in [0.2, 0.25) is 0 Å². The Hall–Kier alpha value is -2.41. The van der Waals surface area contributed by atoms with Gasteiger partial charge in [0.1, 0.15) is 11.8 Å². The molecule has 0 bridgehead atoms. The predicted molar refractivity (Wildman–Crippen MR) is 105 cm³/mol. The molecule has 4 rings (SSSR count). The lowest BCUT2D eigenvalue weighted by atomic mass is 9.96. The van der Waals surface area contributed by atoms with Gasteiger partial charge in [-0.15, -0.1) is 11.3 Å². The van der Waals surface area contributed by atoms with Crippen molar-refractivity contribution in [2.24, 2.45) is 5.92 Å². The summed E-state index contributed by atoms with van der Waals surface area (Å²) in [5.41, 5.74) is 1.73. The fourth-order valence-corrected chi connectivity index (χ4v) is 4.69. The van der Waals surface area contributed by atoms with Crippen LogP contribution in [-0.2, 0) is 16.0 Å². The second kappa shape index (κ2) is 7.68. The van der Waals surface area contributed by atoms with Crippen LogP contribution in [0.1, 0.15) is 37.7 Å². The van der Waals surface area contributed by atoms with E-state index in [9.17, 15) is 9.59 Å². The van der Waals surface area contributed by atoms with E-state index in [1.807, 2.05) is 23.6 Å². The maximum Gasteiger partial charge on any atom is 0.249 e. The average molecular weight is 385 g/mol. The zero-order chi connectivity index (χ0) is 18.8. The number of amides is 2. The summed E-state index contributed by atoms with van der Waals surface area (Å²) in [4.78, 5) is 31.8. The van der Waals surface area contributed by atoms with Crippen LogP contribution in [0.5, 0.6) is 5.75 Å². The molecule has 7 heteroatoms. The number of ether oxygens (including phenoxy) is 1. The van der Waals surface area contributed by atoms with Crippen LogP contribution < -0.4 is 15.0 Å². The molecule has 2 aromatic rings. The second-order valence-corrected chi connectivity index (χ2v) is 8.06. The van der Waals surface area contributed by atoms with Gasteiger partial charge in [0.05, 0.1) is 13.5 Å². The van der Waals surface area contributed by atoms with Gasteiger partial charge in [-0.2, -0.15) is 0 Å². The van der Waals surface area contributed by atoms with E-state index in [-0.39, 0.29) is 11.8 Å². The topological polar surface area (TPSA) is 71.5 Å². The van der Waals surface area contributed by atoms with Crippen LogP contribution in [0.15, 0.2) is 29.8 Å². The molecule has 1 aliphatic heterocycles. The first-order chi connectivity index (χ1) is 13.2. The number of fused-ring (bicyclic) bond motifs is 1. The standard InChI is InChI=1S/C20H23N3O3S/c1-26-15-6-7-16-14(11-15)12-18(24)23(16)17(10-13-4-2-3-5-13)19(25)22-20-21-8-9-27-20/h6-9,11,13,17H,2-5,10,12H2,1H3,(H,21,22,25). The van der Waals surface area contributed by atoms with Crippen molar-refractivity contribution in [2.45, 2.75) is 44.6 Å². The van der Waals surface area contributed by atoms with Gasteiger partial charge in [0, 0.05) is 17.3 Å². The van der Waals surface area contributed by atoms with Crippen molar-refractivity contribution in [2.75, 3.05) is 17.3 Å². The third-order valence-corrected chi connectivity index (χ3v) is 6.15. The molecule has 2 heterocycles. The number of rotatable bonds is 6. The van der Waals surface area contributed by atoms with Gasteiger partial charge in [-0.25, -0.2) is 4.98 Å². The lowest BCUT2D eigenvalue weighted by Crippen LogP contribution is -2.47. The zero-order valence-corrected chi connectivity index (χ0v) is 16.1. The Morgan fingerprint density at radius 1 is 1.41 bits per heavy atom. The van der Waals surface area contributed by atoms with Crippen LogP contribution in [0, 0.1) is 5.92 Å². The molecule has 142 valence electrons. The number of hydrogen-bond acceptors (Lipinski definition) is 5. The molecule has 1 saturated carbocycles. The molecule has 0 radical (unpaired) electrons. The number of anilines is 2. The van der Waals surface area contributed by atoms with Gasteiger partial charge in [-0.1, -0.05) is 25.7 Å². The molecule has 1 aromatic heterocycles. The minimum absolute atomic E-state index is 0.0319. The highest BCUT2D eigenvalue weighted by Crippen LogP contribution is 2.37. The molecule has 2 aliphatic rings. The third kappa shape index (κ3) is 3.69. The summed E-state index contributed by atoms with van der Waals surface area (Å²) in [6, 6.07) is 5.10. The number of nitrogens with one attached hydrogen (secondary N) is 1. The molecule has 1 N–H and O–H groups in total. The predicted octanol–water partition coefficient (Wildman–Crippen LogP) is 3.63. The first-order valence-corrected chi connectivity index (χ1v) is 10.2. The van der Waals surface area contributed by atoms with E-state index in [4.69, 9.17) is 4.74 Å². The smallest absolute Gasteiger partial charge is 0.249 e. The summed E-state index contributed by atoms with van der Waals surface area (Å²) in [7, 11) is 1.61. The van der Waals surface area contributed by atoms with Crippen molar-refractivity contribution in [1.29, 1.82) is 0 Å². The summed E-state index contributed by atoms with van der Waals surface area (Å²) in [6.07, 6.45) is 7.30. The monoisotopic (exact) mass is 385 g/mol. The Bertz CT molecular complexity index is 831. The number of carbonyl (C=O) groups is 2. The quantitative estimate of drug-likeness (QED) is 0.824. The molecule has 1 atom stereocenters. The van der Waals surface area contributed by atoms with Gasteiger partial charge in [0.2, 0.25) is 11.8 Å². The molecule has 1 fully saturated rings. The zero-order valence-electron chi connectivity index (χ0n) is 15.3. The van der Waals surface area contributed by atoms with E-state index in [0.29, 0.717) is 23.9 Å². The minimum Gasteiger partial charge on any atom is -0.497 e. The SMILES string of the molecule is COc1ccc2c(c1)CC(=O)N2C(CC1CCCC1)C(=O)Nc1nccs1. The molecule has 1 aliphatic carbocycles. The van der Waals surface area contributed by atoms with E-state index < -0.39 is 6.04 Å². The maximum atomic E-state index is 13.1. The Morgan fingerprint density at radius 2 is 2.22 bits per heavy atom. The van der Waals surface area contributed by atoms with Crippen molar-refractivity contribution >= 4 is 34.0 Å². The van der Waals surface area contributed by atoms with Crippen LogP contribution in [0.4, 0.5) is 10.8 Å². The van der Waals surface area contributed by atoms with E-state index in [1.165, 1.54) is 24.2 Å². The first kappa shape index (κ1) is 18.0. The van der Waals surface area contributed by atoms with Crippen LogP contribution in [0.25, 0.3) is 0 Å². The van der Waals surface area contributed by atoms with Crippen LogP contribution >= 0.6 is 11.3 Å². The number of hydrogen-bond donors (Lipinski definition) is 1. The number of thiazole rings is 1. The van der Waals surface area contributed by atoms with Crippen molar-refractivity contribution in [3.8, 4) is 5.75 Å². The molecule has 1 aromatic carbocycles. The van der Waals surface area contributed by atoms with E-state index in [1.54, 1.807) is 18.2 Å². The number of benzene rings is 1. The fourth-order valence-electron chi connectivity index (χ4n) is 4.15. The summed E-state index contributed by atoms with van der Waals surface area (Å²) >= 11 is 1.38. The van der Waals surface area contributed by atoms with Gasteiger partial charge < -0.3 is 10.1 Å². The van der Waals surface area contributed by atoms with Gasteiger partial charge in [0.15, 0.2) is 5.13 Å². The maximum absolute atomic E-state index is 13.1. The van der Waals surface area contributed by atoms with Crippen LogP contribution in [0.3, 0.4) is 0 Å². The summed E-state index contributed by atoms with van der Waals surface area (Å²) < 4.78 is 5.28. The summed E-state index contributed by atoms with van der Waals surface area (Å²) in [5, 5.41) is 5.29. The molecule has 1 unspecified atom stereocenters. The summed E-state index contributed by atoms with van der Waals surface area (Å²) in [6.45, 7) is 0. The lowest BCUT2D eigenvalue weighted by molar-refractivity contribution is -0.123. The van der Waals surface area contributed by atoms with E-state index in [2.05, 4.69) is 10.3 Å². The number of nitrogens with zero attached hydrogens (tertiary/aromatic N) is 2. The van der Waals surface area contributed by atoms with Crippen molar-refractivity contribution in [1.82, 2.24) is 4.98 Å². The van der Waals surface area contributed by atoms with Crippen molar-refractivity contribution in [3.05, 3.63) is 35.3 Å². The Balaban J connectivity index is 1.63. The number of carbonyl (C=O) groups excluding carboxylic acids is 2. The molecule has 2 amide bonds. The Labute approximate surface area is 162 Å². The van der Waals surface area contributed by atoms with Crippen molar-refractivity contribution in [3.63, 3.8) is 0 Å². The first-order valence-electron chi connectivity index (χ1n) is 9.35. The average Bonchev–Trinajstić information content (AvgIpc) is 3.40. The molecule has 0 spiro atoms. The number of methoxy groups -OCH3 is 1. The molecule has 6 nitrogen and oxygen atoms in total. The van der Waals surface area contributed by atoms with E-state index in [0.717, 1.165) is 29.8 Å². The largest absolute Gasteiger partial charge is 0.497 e. The third-order valence-electron chi connectivity index (χ3n) is 5.46. The van der Waals surface area contributed by atoms with Gasteiger partial charge in [0.25, 0.3) is 0 Å². The van der Waals surface area contributed by atoms with Gasteiger partial charge in [-0.3, -0.25) is 14.5 Å². The highest BCUT2D eigenvalue weighted by Gasteiger charge is 2.38. The van der Waals surface area contributed by atoms with Crippen molar-refractivity contribution < 1.29 is 14.3 Å². The second-order valence-electron chi connectivity index (χ2n) is 7.16. The number of aromatic nitrogens is 1. The van der Waals surface area contributed by atoms with E-state index >= 15 is 0 Å². The summed E-state index contributed by atoms with van der Waals surface area (Å²) in [5.74, 6) is 1.01. The Kier molecular flexibility index (Phi) is 5.11.